The zero-order chi connectivity index (χ0) is 16.8. The number of hydrogen-bond donors (Lipinski definition) is 3. The van der Waals surface area contributed by atoms with Gasteiger partial charge in [0.2, 0.25) is 11.9 Å². The van der Waals surface area contributed by atoms with Gasteiger partial charge in [-0.15, -0.1) is 0 Å². The highest BCUT2D eigenvalue weighted by Crippen LogP contribution is 2.20. The summed E-state index contributed by atoms with van der Waals surface area (Å²) in [5.74, 6) is 0.495. The highest BCUT2D eigenvalue weighted by Gasteiger charge is 2.13. The molecule has 3 N–H and O–H groups in total. The van der Waals surface area contributed by atoms with Crippen molar-refractivity contribution >= 4 is 22.9 Å². The summed E-state index contributed by atoms with van der Waals surface area (Å²) in [6, 6.07) is 17.7. The molecule has 2 aromatic carbocycles. The number of para-hydroxylation sites is 2. The number of rotatable bonds is 7. The summed E-state index contributed by atoms with van der Waals surface area (Å²) in [6.45, 7) is 0.952. The molecule has 0 bridgehead atoms. The lowest BCUT2D eigenvalue weighted by Crippen LogP contribution is -2.30. The molecule has 3 aromatic rings. The summed E-state index contributed by atoms with van der Waals surface area (Å²) >= 11 is 0. The molecule has 0 aliphatic heterocycles. The summed E-state index contributed by atoms with van der Waals surface area (Å²) in [4.78, 5) is 16.6. The number of fused-ring (bicyclic) bond motifs is 1. The van der Waals surface area contributed by atoms with Gasteiger partial charge < -0.3 is 20.3 Å². The van der Waals surface area contributed by atoms with Gasteiger partial charge >= 0.3 is 0 Å². The van der Waals surface area contributed by atoms with Crippen molar-refractivity contribution in [3.8, 4) is 0 Å². The lowest BCUT2D eigenvalue weighted by atomic mass is 10.2. The fourth-order valence-corrected chi connectivity index (χ4v) is 2.54. The van der Waals surface area contributed by atoms with E-state index in [0.717, 1.165) is 16.6 Å². The summed E-state index contributed by atoms with van der Waals surface area (Å²) in [5.41, 5.74) is 2.87. The molecule has 24 heavy (non-hydrogen) atoms. The first-order valence-corrected chi connectivity index (χ1v) is 7.88. The smallest absolute Gasteiger partial charge is 0.240 e. The third-order valence-corrected chi connectivity index (χ3v) is 3.68. The van der Waals surface area contributed by atoms with Crippen LogP contribution >= 0.6 is 0 Å². The van der Waals surface area contributed by atoms with Gasteiger partial charge in [0.15, 0.2) is 0 Å². The number of anilines is 1. The third kappa shape index (κ3) is 3.72. The van der Waals surface area contributed by atoms with Crippen LogP contribution in [0.4, 0.5) is 5.95 Å². The lowest BCUT2D eigenvalue weighted by Gasteiger charge is -2.11. The van der Waals surface area contributed by atoms with E-state index in [9.17, 15) is 4.79 Å². The quantitative estimate of drug-likeness (QED) is 0.619. The minimum absolute atomic E-state index is 0.0739. The molecule has 6 nitrogen and oxygen atoms in total. The number of imidazole rings is 1. The fourth-order valence-electron chi connectivity index (χ4n) is 2.54. The largest absolute Gasteiger partial charge is 0.395 e. The van der Waals surface area contributed by atoms with E-state index >= 15 is 0 Å². The lowest BCUT2D eigenvalue weighted by molar-refractivity contribution is -0.121. The molecule has 0 fully saturated rings. The van der Waals surface area contributed by atoms with Crippen LogP contribution in [0.25, 0.3) is 11.0 Å². The maximum absolute atomic E-state index is 12.0. The van der Waals surface area contributed by atoms with Crippen molar-refractivity contribution in [1.82, 2.24) is 14.9 Å². The molecule has 0 unspecified atom stereocenters. The number of benzene rings is 2. The standard InChI is InChI=1S/C18H20N4O2/c23-11-10-19-17(24)13-22-16-9-5-4-8-15(16)21-18(22)20-12-14-6-2-1-3-7-14/h1-9,23H,10-13H2,(H,19,24)(H,20,21). The Morgan fingerprint density at radius 2 is 1.83 bits per heavy atom. The molecule has 3 rings (SSSR count). The first-order chi connectivity index (χ1) is 11.8. The van der Waals surface area contributed by atoms with Gasteiger partial charge in [0.25, 0.3) is 0 Å². The Hall–Kier alpha value is -2.86. The number of carbonyl (C=O) groups is 1. The van der Waals surface area contributed by atoms with Gasteiger partial charge in [0.05, 0.1) is 17.6 Å². The SMILES string of the molecule is O=C(Cn1c(NCc2ccccc2)nc2ccccc21)NCCO. The summed E-state index contributed by atoms with van der Waals surface area (Å²) in [7, 11) is 0. The van der Waals surface area contributed by atoms with Crippen LogP contribution in [0.3, 0.4) is 0 Å². The van der Waals surface area contributed by atoms with Crippen LogP contribution in [0.15, 0.2) is 54.6 Å². The van der Waals surface area contributed by atoms with E-state index < -0.39 is 0 Å². The van der Waals surface area contributed by atoms with E-state index in [4.69, 9.17) is 5.11 Å². The van der Waals surface area contributed by atoms with E-state index in [1.807, 2.05) is 59.2 Å². The molecule has 0 atom stereocenters. The van der Waals surface area contributed by atoms with E-state index in [1.165, 1.54) is 0 Å². The average molecular weight is 324 g/mol. The van der Waals surface area contributed by atoms with Gasteiger partial charge in [-0.3, -0.25) is 4.79 Å². The first-order valence-electron chi connectivity index (χ1n) is 7.88. The summed E-state index contributed by atoms with van der Waals surface area (Å²) in [5, 5.41) is 14.8. The Bertz CT molecular complexity index is 814. The van der Waals surface area contributed by atoms with Crippen LogP contribution in [0.5, 0.6) is 0 Å². The van der Waals surface area contributed by atoms with Crippen molar-refractivity contribution in [1.29, 1.82) is 0 Å². The Morgan fingerprint density at radius 3 is 2.62 bits per heavy atom. The third-order valence-electron chi connectivity index (χ3n) is 3.68. The second-order valence-electron chi connectivity index (χ2n) is 5.42. The maximum Gasteiger partial charge on any atom is 0.240 e. The second-order valence-corrected chi connectivity index (χ2v) is 5.42. The van der Waals surface area contributed by atoms with Crippen molar-refractivity contribution in [2.24, 2.45) is 0 Å². The number of hydrogen-bond acceptors (Lipinski definition) is 4. The van der Waals surface area contributed by atoms with Gasteiger partial charge in [-0.05, 0) is 17.7 Å². The maximum atomic E-state index is 12.0. The summed E-state index contributed by atoms with van der Waals surface area (Å²) in [6.07, 6.45) is 0. The second kappa shape index (κ2) is 7.61. The van der Waals surface area contributed by atoms with Gasteiger partial charge in [-0.1, -0.05) is 42.5 Å². The molecule has 0 aliphatic rings. The number of amides is 1. The Kier molecular flexibility index (Phi) is 5.08. The van der Waals surface area contributed by atoms with Crippen molar-refractivity contribution in [3.05, 3.63) is 60.2 Å². The zero-order valence-corrected chi connectivity index (χ0v) is 13.3. The summed E-state index contributed by atoms with van der Waals surface area (Å²) < 4.78 is 1.85. The van der Waals surface area contributed by atoms with Crippen LogP contribution in [0.2, 0.25) is 0 Å². The fraction of sp³-hybridized carbons (Fsp3) is 0.222. The molecule has 6 heteroatoms. The molecular formula is C18H20N4O2. The molecular weight excluding hydrogens is 304 g/mol. The van der Waals surface area contributed by atoms with Crippen molar-refractivity contribution in [2.45, 2.75) is 13.1 Å². The molecule has 0 saturated heterocycles. The molecule has 0 aliphatic carbocycles. The number of nitrogens with one attached hydrogen (secondary N) is 2. The highest BCUT2D eigenvalue weighted by atomic mass is 16.3. The Labute approximate surface area is 140 Å². The van der Waals surface area contributed by atoms with Gasteiger partial charge in [-0.25, -0.2) is 4.98 Å². The van der Waals surface area contributed by atoms with E-state index in [2.05, 4.69) is 15.6 Å². The van der Waals surface area contributed by atoms with Crippen LogP contribution < -0.4 is 10.6 Å². The zero-order valence-electron chi connectivity index (χ0n) is 13.3. The molecule has 0 saturated carbocycles. The van der Waals surface area contributed by atoms with Crippen molar-refractivity contribution in [3.63, 3.8) is 0 Å². The topological polar surface area (TPSA) is 79.2 Å². The number of carbonyl (C=O) groups excluding carboxylic acids is 1. The first kappa shape index (κ1) is 16.0. The Balaban J connectivity index is 1.83. The number of aliphatic hydroxyl groups excluding tert-OH is 1. The average Bonchev–Trinajstić information content (AvgIpc) is 2.97. The van der Waals surface area contributed by atoms with Gasteiger partial charge in [-0.2, -0.15) is 0 Å². The molecule has 1 heterocycles. The number of aliphatic hydroxyl groups is 1. The van der Waals surface area contributed by atoms with Crippen LogP contribution in [0, 0.1) is 0 Å². The minimum Gasteiger partial charge on any atom is -0.395 e. The van der Waals surface area contributed by atoms with E-state index in [-0.39, 0.29) is 25.6 Å². The molecule has 1 amide bonds. The van der Waals surface area contributed by atoms with E-state index in [0.29, 0.717) is 12.5 Å². The van der Waals surface area contributed by atoms with Crippen LogP contribution in [-0.4, -0.2) is 33.7 Å². The van der Waals surface area contributed by atoms with Crippen molar-refractivity contribution in [2.75, 3.05) is 18.5 Å². The molecule has 0 radical (unpaired) electrons. The number of nitrogens with zero attached hydrogens (tertiary/aromatic N) is 2. The normalized spacial score (nSPS) is 10.7. The predicted octanol–water partition coefficient (Wildman–Crippen LogP) is 1.76. The Morgan fingerprint density at radius 1 is 1.08 bits per heavy atom. The molecule has 124 valence electrons. The van der Waals surface area contributed by atoms with Gasteiger partial charge in [0.1, 0.15) is 6.54 Å². The van der Waals surface area contributed by atoms with Gasteiger partial charge in [0, 0.05) is 13.1 Å². The van der Waals surface area contributed by atoms with Crippen LogP contribution in [0.1, 0.15) is 5.56 Å². The monoisotopic (exact) mass is 324 g/mol. The number of aromatic nitrogens is 2. The highest BCUT2D eigenvalue weighted by molar-refractivity contribution is 5.83. The van der Waals surface area contributed by atoms with Crippen molar-refractivity contribution < 1.29 is 9.90 Å². The minimum atomic E-state index is -0.157. The predicted molar refractivity (Wildman–Crippen MR) is 93.6 cm³/mol. The van der Waals surface area contributed by atoms with E-state index in [1.54, 1.807) is 0 Å². The molecule has 0 spiro atoms. The molecule has 1 aromatic heterocycles. The van der Waals surface area contributed by atoms with Crippen LogP contribution in [-0.2, 0) is 17.9 Å².